The van der Waals surface area contributed by atoms with Crippen molar-refractivity contribution in [3.05, 3.63) is 34.6 Å². The predicted octanol–water partition coefficient (Wildman–Crippen LogP) is 3.08. The molecule has 0 fully saturated rings. The molecule has 1 nitrogen and oxygen atoms in total. The Balaban J connectivity index is 2.48. The van der Waals surface area contributed by atoms with Gasteiger partial charge in [-0.15, -0.1) is 0 Å². The molecule has 0 saturated heterocycles. The van der Waals surface area contributed by atoms with Crippen molar-refractivity contribution in [1.29, 1.82) is 0 Å². The fraction of sp³-hybridized carbons (Fsp3) is 0.455. The van der Waals surface area contributed by atoms with Gasteiger partial charge >= 0.3 is 0 Å². The highest BCUT2D eigenvalue weighted by molar-refractivity contribution is 8.06. The van der Waals surface area contributed by atoms with Gasteiger partial charge in [-0.2, -0.15) is 0 Å². The van der Waals surface area contributed by atoms with Crippen molar-refractivity contribution in [2.24, 2.45) is 0 Å². The minimum absolute atomic E-state index is 0.991. The minimum Gasteiger partial charge on any atom is -0.313 e. The second-order valence-corrected chi connectivity index (χ2v) is 4.05. The molecule has 1 N–H and O–H groups in total. The van der Waals surface area contributed by atoms with Gasteiger partial charge in [0.05, 0.1) is 0 Å². The van der Waals surface area contributed by atoms with Crippen LogP contribution in [0.5, 0.6) is 0 Å². The Hall–Kier alpha value is -0.470. The quantitative estimate of drug-likeness (QED) is 0.742. The molecule has 72 valence electrons. The summed E-state index contributed by atoms with van der Waals surface area (Å²) in [5.41, 5.74) is 1.41. The van der Waals surface area contributed by atoms with Crippen LogP contribution in [0.2, 0.25) is 0 Å². The molecule has 0 amide bonds. The van der Waals surface area contributed by atoms with Crippen LogP contribution in [0.25, 0.3) is 0 Å². The summed E-state index contributed by atoms with van der Waals surface area (Å²) in [6, 6.07) is 0. The van der Waals surface area contributed by atoms with E-state index >= 15 is 0 Å². The maximum atomic E-state index is 4.07. The normalized spacial score (nSPS) is 18.4. The first-order chi connectivity index (χ1) is 6.34. The summed E-state index contributed by atoms with van der Waals surface area (Å²) in [7, 11) is 0. The van der Waals surface area contributed by atoms with E-state index in [1.807, 2.05) is 13.0 Å². The number of nitrogens with one attached hydrogen (secondary N) is 1. The molecule has 0 saturated carbocycles. The first-order valence-electron chi connectivity index (χ1n) is 4.71. The van der Waals surface area contributed by atoms with Crippen LogP contribution in [0.1, 0.15) is 19.8 Å². The zero-order valence-corrected chi connectivity index (χ0v) is 8.99. The second-order valence-electron chi connectivity index (χ2n) is 3.05. The highest BCUT2D eigenvalue weighted by Gasteiger charge is 2.04. The summed E-state index contributed by atoms with van der Waals surface area (Å²) in [5, 5.41) is 5.43. The number of rotatable bonds is 3. The van der Waals surface area contributed by atoms with E-state index in [2.05, 4.69) is 23.4 Å². The van der Waals surface area contributed by atoms with Crippen molar-refractivity contribution < 1.29 is 0 Å². The molecule has 2 heteroatoms. The summed E-state index contributed by atoms with van der Waals surface area (Å²) in [4.78, 5) is 1.20. The molecule has 0 aromatic carbocycles. The Morgan fingerprint density at radius 2 is 2.54 bits per heavy atom. The third-order valence-electron chi connectivity index (χ3n) is 2.00. The fourth-order valence-electron chi connectivity index (χ4n) is 1.28. The standard InChI is InChI=1S/C11H17NS/c1-3-9-13-10(2)11-5-4-7-12-8-6-11/h3,6,9,12H,2,4-5,7-8H2,1H3/b9-3-. The number of allylic oxidation sites excluding steroid dienone is 2. The third kappa shape index (κ3) is 3.83. The van der Waals surface area contributed by atoms with Crippen LogP contribution in [-0.4, -0.2) is 13.1 Å². The van der Waals surface area contributed by atoms with Crippen LogP contribution in [0.4, 0.5) is 0 Å². The van der Waals surface area contributed by atoms with Crippen LogP contribution in [0, 0.1) is 0 Å². The lowest BCUT2D eigenvalue weighted by Crippen LogP contribution is -2.12. The van der Waals surface area contributed by atoms with Crippen LogP contribution in [0.3, 0.4) is 0 Å². The Kier molecular flexibility index (Phi) is 4.94. The summed E-state index contributed by atoms with van der Waals surface area (Å²) in [5.74, 6) is 0. The van der Waals surface area contributed by atoms with E-state index in [-0.39, 0.29) is 0 Å². The first-order valence-corrected chi connectivity index (χ1v) is 5.59. The van der Waals surface area contributed by atoms with Gasteiger partial charge in [-0.1, -0.05) is 30.5 Å². The molecule has 13 heavy (non-hydrogen) atoms. The lowest BCUT2D eigenvalue weighted by Gasteiger charge is -2.05. The summed E-state index contributed by atoms with van der Waals surface area (Å²) >= 11 is 1.72. The lowest BCUT2D eigenvalue weighted by molar-refractivity contribution is 0.717. The van der Waals surface area contributed by atoms with E-state index in [4.69, 9.17) is 0 Å². The molecule has 0 bridgehead atoms. The van der Waals surface area contributed by atoms with Crippen molar-refractivity contribution in [2.75, 3.05) is 13.1 Å². The molecule has 0 atom stereocenters. The number of hydrogen-bond acceptors (Lipinski definition) is 2. The minimum atomic E-state index is 0.991. The van der Waals surface area contributed by atoms with Gasteiger partial charge in [0.1, 0.15) is 0 Å². The maximum absolute atomic E-state index is 4.07. The third-order valence-corrected chi connectivity index (χ3v) is 2.95. The zero-order valence-electron chi connectivity index (χ0n) is 8.18. The van der Waals surface area contributed by atoms with Gasteiger partial charge in [0.2, 0.25) is 0 Å². The average Bonchev–Trinajstić information content (AvgIpc) is 2.42. The average molecular weight is 195 g/mol. The van der Waals surface area contributed by atoms with Crippen LogP contribution in [-0.2, 0) is 0 Å². The molecule has 0 spiro atoms. The topological polar surface area (TPSA) is 12.0 Å². The van der Waals surface area contributed by atoms with Gasteiger partial charge in [-0.25, -0.2) is 0 Å². The maximum Gasteiger partial charge on any atom is 0.0141 e. The molecule has 0 aromatic heterocycles. The largest absolute Gasteiger partial charge is 0.313 e. The second kappa shape index (κ2) is 6.06. The monoisotopic (exact) mass is 195 g/mol. The van der Waals surface area contributed by atoms with E-state index in [1.54, 1.807) is 11.8 Å². The Labute approximate surface area is 85.0 Å². The molecule has 0 aliphatic carbocycles. The van der Waals surface area contributed by atoms with Gasteiger partial charge in [-0.3, -0.25) is 0 Å². The summed E-state index contributed by atoms with van der Waals surface area (Å²) in [6.07, 6.45) is 6.69. The summed E-state index contributed by atoms with van der Waals surface area (Å²) in [6.45, 7) is 8.22. The van der Waals surface area contributed by atoms with Gasteiger partial charge < -0.3 is 5.32 Å². The van der Waals surface area contributed by atoms with Gasteiger partial charge in [0.25, 0.3) is 0 Å². The molecule has 1 aliphatic heterocycles. The molecular weight excluding hydrogens is 178 g/mol. The van der Waals surface area contributed by atoms with Gasteiger partial charge in [-0.05, 0) is 37.3 Å². The lowest BCUT2D eigenvalue weighted by atomic mass is 10.1. The van der Waals surface area contributed by atoms with Gasteiger partial charge in [0.15, 0.2) is 0 Å². The molecule has 1 rings (SSSR count). The smallest absolute Gasteiger partial charge is 0.0141 e. The fourth-order valence-corrected chi connectivity index (χ4v) is 1.92. The van der Waals surface area contributed by atoms with Crippen molar-refractivity contribution in [3.8, 4) is 0 Å². The Bertz CT molecular complexity index is 228. The first kappa shape index (κ1) is 10.6. The van der Waals surface area contributed by atoms with E-state index in [0.29, 0.717) is 0 Å². The Morgan fingerprint density at radius 1 is 1.69 bits per heavy atom. The number of thioether (sulfide) groups is 1. The summed E-state index contributed by atoms with van der Waals surface area (Å²) < 4.78 is 0. The van der Waals surface area contributed by atoms with Crippen LogP contribution in [0.15, 0.2) is 34.6 Å². The zero-order chi connectivity index (χ0) is 9.52. The van der Waals surface area contributed by atoms with Crippen LogP contribution >= 0.6 is 11.8 Å². The molecule has 0 unspecified atom stereocenters. The number of hydrogen-bond donors (Lipinski definition) is 1. The molecule has 0 aromatic rings. The van der Waals surface area contributed by atoms with E-state index in [9.17, 15) is 0 Å². The SMILES string of the molecule is C=C(S/C=C\C)C1=CCNCCC1. The van der Waals surface area contributed by atoms with Crippen molar-refractivity contribution in [3.63, 3.8) is 0 Å². The Morgan fingerprint density at radius 3 is 3.31 bits per heavy atom. The van der Waals surface area contributed by atoms with Crippen molar-refractivity contribution >= 4 is 11.8 Å². The highest BCUT2D eigenvalue weighted by atomic mass is 32.2. The van der Waals surface area contributed by atoms with Gasteiger partial charge in [0, 0.05) is 11.4 Å². The van der Waals surface area contributed by atoms with E-state index in [0.717, 1.165) is 19.5 Å². The molecule has 1 aliphatic rings. The van der Waals surface area contributed by atoms with E-state index in [1.165, 1.54) is 16.9 Å². The molecule has 0 radical (unpaired) electrons. The highest BCUT2D eigenvalue weighted by Crippen LogP contribution is 2.26. The molecular formula is C11H17NS. The van der Waals surface area contributed by atoms with Crippen molar-refractivity contribution in [1.82, 2.24) is 5.32 Å². The van der Waals surface area contributed by atoms with E-state index < -0.39 is 0 Å². The molecule has 1 heterocycles. The van der Waals surface area contributed by atoms with Crippen molar-refractivity contribution in [2.45, 2.75) is 19.8 Å². The predicted molar refractivity (Wildman–Crippen MR) is 61.7 cm³/mol. The van der Waals surface area contributed by atoms with Crippen LogP contribution < -0.4 is 5.32 Å².